The molecule has 0 saturated carbocycles. The lowest BCUT2D eigenvalue weighted by atomic mass is 10.1. The number of carbonyl (C=O) groups excluding carboxylic acids is 1. The summed E-state index contributed by atoms with van der Waals surface area (Å²) in [6, 6.07) is 10.5. The summed E-state index contributed by atoms with van der Waals surface area (Å²) in [5.74, 6) is -0.298. The molecule has 1 amide bonds. The van der Waals surface area contributed by atoms with Gasteiger partial charge in [-0.25, -0.2) is 9.67 Å². The molecule has 0 fully saturated rings. The first kappa shape index (κ1) is 20.0. The van der Waals surface area contributed by atoms with E-state index in [0.717, 1.165) is 34.2 Å². The maximum atomic E-state index is 12.8. The van der Waals surface area contributed by atoms with Crippen LogP contribution in [0.4, 0.5) is 18.9 Å². The number of nitrogens with zero attached hydrogens (tertiary/aromatic N) is 3. The van der Waals surface area contributed by atoms with Crippen LogP contribution in [0.5, 0.6) is 0 Å². The lowest BCUT2D eigenvalue weighted by molar-refractivity contribution is -0.137. The van der Waals surface area contributed by atoms with Gasteiger partial charge in [-0.3, -0.25) is 4.79 Å². The maximum absolute atomic E-state index is 12.8. The van der Waals surface area contributed by atoms with E-state index < -0.39 is 11.7 Å². The molecule has 0 aliphatic carbocycles. The van der Waals surface area contributed by atoms with Gasteiger partial charge in [-0.15, -0.1) is 11.3 Å². The molecule has 3 heterocycles. The molecular formula is C22H14F3N5OS. The number of rotatable bonds is 4. The summed E-state index contributed by atoms with van der Waals surface area (Å²) < 4.78 is 39.9. The van der Waals surface area contributed by atoms with Crippen molar-refractivity contribution < 1.29 is 18.0 Å². The predicted octanol–water partition coefficient (Wildman–Crippen LogP) is 5.75. The fraction of sp³-hybridized carbons (Fsp3) is 0.0455. The Bertz CT molecular complexity index is 1400. The van der Waals surface area contributed by atoms with Gasteiger partial charge in [0.15, 0.2) is 0 Å². The van der Waals surface area contributed by atoms with Gasteiger partial charge in [-0.05, 0) is 42.0 Å². The lowest BCUT2D eigenvalue weighted by Crippen LogP contribution is -2.11. The molecule has 0 unspecified atom stereocenters. The van der Waals surface area contributed by atoms with Crippen molar-refractivity contribution in [3.05, 3.63) is 83.2 Å². The SMILES string of the molecule is O=C(Nc1c[nH]c2ccc(-c3cnn(-c4ccc(C(F)(F)F)cc4)c3)cc12)c1cscn1. The zero-order chi connectivity index (χ0) is 22.3. The molecule has 5 rings (SSSR count). The Balaban J connectivity index is 1.43. The Kier molecular flexibility index (Phi) is 4.78. The van der Waals surface area contributed by atoms with Gasteiger partial charge in [-0.1, -0.05) is 6.07 Å². The second-order valence-electron chi connectivity index (χ2n) is 7.01. The number of amides is 1. The Morgan fingerprint density at radius 2 is 1.91 bits per heavy atom. The van der Waals surface area contributed by atoms with E-state index in [2.05, 4.69) is 20.4 Å². The third-order valence-electron chi connectivity index (χ3n) is 4.97. The average Bonchev–Trinajstić information content (AvgIpc) is 3.54. The number of nitrogens with one attached hydrogen (secondary N) is 2. The van der Waals surface area contributed by atoms with Crippen molar-refractivity contribution >= 4 is 33.8 Å². The highest BCUT2D eigenvalue weighted by atomic mass is 32.1. The third kappa shape index (κ3) is 3.76. The molecule has 2 aromatic carbocycles. The molecule has 160 valence electrons. The molecule has 5 aromatic rings. The van der Waals surface area contributed by atoms with Crippen LogP contribution in [0.1, 0.15) is 16.1 Å². The number of hydrogen-bond donors (Lipinski definition) is 2. The maximum Gasteiger partial charge on any atom is 0.416 e. The van der Waals surface area contributed by atoms with Gasteiger partial charge in [0.1, 0.15) is 5.69 Å². The zero-order valence-electron chi connectivity index (χ0n) is 16.2. The second kappa shape index (κ2) is 7.65. The minimum absolute atomic E-state index is 0.298. The van der Waals surface area contributed by atoms with Gasteiger partial charge in [-0.2, -0.15) is 18.3 Å². The number of anilines is 1. The van der Waals surface area contributed by atoms with Crippen molar-refractivity contribution in [2.45, 2.75) is 6.18 Å². The molecule has 2 N–H and O–H groups in total. The predicted molar refractivity (Wildman–Crippen MR) is 116 cm³/mol. The van der Waals surface area contributed by atoms with Gasteiger partial charge in [0.25, 0.3) is 5.91 Å². The number of carbonyl (C=O) groups is 1. The summed E-state index contributed by atoms with van der Waals surface area (Å²) in [5.41, 5.74) is 4.84. The largest absolute Gasteiger partial charge is 0.416 e. The molecule has 6 nitrogen and oxygen atoms in total. The normalized spacial score (nSPS) is 11.7. The number of H-pyrrole nitrogens is 1. The second-order valence-corrected chi connectivity index (χ2v) is 7.73. The minimum atomic E-state index is -4.38. The van der Waals surface area contributed by atoms with E-state index in [1.54, 1.807) is 29.5 Å². The summed E-state index contributed by atoms with van der Waals surface area (Å²) in [6.07, 6.45) is 0.708. The molecule has 0 saturated heterocycles. The van der Waals surface area contributed by atoms with Crippen LogP contribution in [0, 0.1) is 0 Å². The van der Waals surface area contributed by atoms with E-state index in [9.17, 15) is 18.0 Å². The van der Waals surface area contributed by atoms with Crippen molar-refractivity contribution in [3.63, 3.8) is 0 Å². The summed E-state index contributed by atoms with van der Waals surface area (Å²) in [6.45, 7) is 0. The van der Waals surface area contributed by atoms with Crippen LogP contribution in [0.25, 0.3) is 27.7 Å². The number of fused-ring (bicyclic) bond motifs is 1. The lowest BCUT2D eigenvalue weighted by Gasteiger charge is -2.07. The number of aromatic nitrogens is 4. The minimum Gasteiger partial charge on any atom is -0.359 e. The Morgan fingerprint density at radius 3 is 2.62 bits per heavy atom. The van der Waals surface area contributed by atoms with Crippen LogP contribution >= 0.6 is 11.3 Å². The molecule has 0 aliphatic rings. The number of halogens is 3. The van der Waals surface area contributed by atoms with E-state index in [1.807, 2.05) is 18.2 Å². The standard InChI is InChI=1S/C22H14F3N5OS/c23-22(24,25)15-2-4-16(5-3-15)30-10-14(8-28-30)13-1-6-18-17(7-13)19(9-26-18)29-21(31)20-11-32-12-27-20/h1-12,26H,(H,29,31). The van der Waals surface area contributed by atoms with Crippen molar-refractivity contribution in [1.82, 2.24) is 19.7 Å². The monoisotopic (exact) mass is 453 g/mol. The molecule has 0 bridgehead atoms. The summed E-state index contributed by atoms with van der Waals surface area (Å²) in [5, 5.41) is 9.62. The number of thiazole rings is 1. The van der Waals surface area contributed by atoms with Crippen LogP contribution in [0.15, 0.2) is 71.9 Å². The highest BCUT2D eigenvalue weighted by Crippen LogP contribution is 2.31. The Labute approximate surface area is 183 Å². The van der Waals surface area contributed by atoms with E-state index in [0.29, 0.717) is 17.1 Å². The van der Waals surface area contributed by atoms with Gasteiger partial charge >= 0.3 is 6.18 Å². The molecule has 32 heavy (non-hydrogen) atoms. The van der Waals surface area contributed by atoms with Crippen LogP contribution in [0.3, 0.4) is 0 Å². The quantitative estimate of drug-likeness (QED) is 0.364. The van der Waals surface area contributed by atoms with E-state index in [4.69, 9.17) is 0 Å². The zero-order valence-corrected chi connectivity index (χ0v) is 17.0. The van der Waals surface area contributed by atoms with Crippen LogP contribution in [0.2, 0.25) is 0 Å². The van der Waals surface area contributed by atoms with Crippen LogP contribution < -0.4 is 5.32 Å². The molecular weight excluding hydrogens is 439 g/mol. The van der Waals surface area contributed by atoms with Gasteiger partial charge in [0.05, 0.1) is 28.6 Å². The first-order chi connectivity index (χ1) is 15.4. The van der Waals surface area contributed by atoms with E-state index in [-0.39, 0.29) is 5.91 Å². The Morgan fingerprint density at radius 1 is 1.09 bits per heavy atom. The summed E-state index contributed by atoms with van der Waals surface area (Å²) in [4.78, 5) is 19.5. The highest BCUT2D eigenvalue weighted by molar-refractivity contribution is 7.07. The first-order valence-corrected chi connectivity index (χ1v) is 10.4. The van der Waals surface area contributed by atoms with Crippen molar-refractivity contribution in [2.75, 3.05) is 5.32 Å². The average molecular weight is 453 g/mol. The first-order valence-electron chi connectivity index (χ1n) is 9.42. The van der Waals surface area contributed by atoms with Gasteiger partial charge < -0.3 is 10.3 Å². The van der Waals surface area contributed by atoms with Crippen molar-refractivity contribution in [1.29, 1.82) is 0 Å². The molecule has 10 heteroatoms. The fourth-order valence-electron chi connectivity index (χ4n) is 3.33. The number of benzene rings is 2. The number of hydrogen-bond acceptors (Lipinski definition) is 4. The van der Waals surface area contributed by atoms with E-state index >= 15 is 0 Å². The topological polar surface area (TPSA) is 75.6 Å². The van der Waals surface area contributed by atoms with Crippen molar-refractivity contribution in [2.24, 2.45) is 0 Å². The molecule has 0 spiro atoms. The van der Waals surface area contributed by atoms with Gasteiger partial charge in [0, 0.05) is 34.2 Å². The number of aromatic amines is 1. The molecule has 0 atom stereocenters. The van der Waals surface area contributed by atoms with Crippen molar-refractivity contribution in [3.8, 4) is 16.8 Å². The van der Waals surface area contributed by atoms with Crippen LogP contribution in [-0.4, -0.2) is 25.7 Å². The number of alkyl halides is 3. The smallest absolute Gasteiger partial charge is 0.359 e. The third-order valence-corrected chi connectivity index (χ3v) is 5.56. The van der Waals surface area contributed by atoms with Gasteiger partial charge in [0.2, 0.25) is 0 Å². The highest BCUT2D eigenvalue weighted by Gasteiger charge is 2.30. The fourth-order valence-corrected chi connectivity index (χ4v) is 3.86. The molecule has 3 aromatic heterocycles. The summed E-state index contributed by atoms with van der Waals surface area (Å²) >= 11 is 1.34. The van der Waals surface area contributed by atoms with E-state index in [1.165, 1.54) is 28.2 Å². The molecule has 0 radical (unpaired) electrons. The molecule has 0 aliphatic heterocycles. The summed E-state index contributed by atoms with van der Waals surface area (Å²) in [7, 11) is 0. The van der Waals surface area contributed by atoms with Crippen LogP contribution in [-0.2, 0) is 6.18 Å². The Hall–Kier alpha value is -3.92.